The molecule has 0 saturated carbocycles. The molecule has 0 bridgehead atoms. The number of fused-ring (bicyclic) bond motifs is 1. The van der Waals surface area contributed by atoms with Crippen molar-refractivity contribution in [2.24, 2.45) is 0 Å². The van der Waals surface area contributed by atoms with Crippen molar-refractivity contribution in [3.63, 3.8) is 0 Å². The number of morpholine rings is 1. The lowest BCUT2D eigenvalue weighted by molar-refractivity contribution is 0.102. The van der Waals surface area contributed by atoms with E-state index < -0.39 is 0 Å². The average Bonchev–Trinajstić information content (AvgIpc) is 3.13. The van der Waals surface area contributed by atoms with Crippen LogP contribution in [-0.2, 0) is 4.74 Å². The third-order valence-electron chi connectivity index (χ3n) is 4.38. The van der Waals surface area contributed by atoms with Crippen LogP contribution in [0.1, 0.15) is 15.9 Å². The highest BCUT2D eigenvalue weighted by molar-refractivity contribution is 6.09. The van der Waals surface area contributed by atoms with Crippen LogP contribution >= 0.6 is 0 Å². The van der Waals surface area contributed by atoms with Gasteiger partial charge in [0.25, 0.3) is 5.91 Å². The minimum Gasteiger partial charge on any atom is -0.378 e. The Kier molecular flexibility index (Phi) is 4.07. The first-order valence-electron chi connectivity index (χ1n) is 8.19. The molecular formula is C18H18N4O3. The zero-order chi connectivity index (χ0) is 17.2. The number of nitrogens with one attached hydrogen (secondary N) is 1. The first-order chi connectivity index (χ1) is 12.2. The molecule has 2 aromatic carbocycles. The van der Waals surface area contributed by atoms with Crippen LogP contribution in [0.5, 0.6) is 0 Å². The number of aryl methyl sites for hydroxylation is 1. The lowest BCUT2D eigenvalue weighted by Gasteiger charge is -2.28. The molecule has 1 N–H and O–H groups in total. The molecule has 1 aromatic heterocycles. The zero-order valence-electron chi connectivity index (χ0n) is 13.9. The smallest absolute Gasteiger partial charge is 0.255 e. The van der Waals surface area contributed by atoms with Gasteiger partial charge in [0.05, 0.1) is 24.6 Å². The van der Waals surface area contributed by atoms with E-state index in [1.165, 1.54) is 0 Å². The molecule has 0 aliphatic carbocycles. The summed E-state index contributed by atoms with van der Waals surface area (Å²) in [5, 5.41) is 10.9. The number of amides is 1. The monoisotopic (exact) mass is 338 g/mol. The van der Waals surface area contributed by atoms with Crippen molar-refractivity contribution in [1.82, 2.24) is 10.3 Å². The second-order valence-corrected chi connectivity index (χ2v) is 5.96. The second-order valence-electron chi connectivity index (χ2n) is 5.96. The van der Waals surface area contributed by atoms with Crippen molar-refractivity contribution >= 4 is 28.3 Å². The number of hydrogen-bond acceptors (Lipinski definition) is 6. The summed E-state index contributed by atoms with van der Waals surface area (Å²) in [5.74, 6) is -0.179. The summed E-state index contributed by atoms with van der Waals surface area (Å²) in [6.07, 6.45) is 0. The van der Waals surface area contributed by atoms with Crippen molar-refractivity contribution < 1.29 is 14.2 Å². The Hall–Kier alpha value is -2.93. The Morgan fingerprint density at radius 3 is 2.64 bits per heavy atom. The maximum atomic E-state index is 12.6. The Morgan fingerprint density at radius 2 is 1.84 bits per heavy atom. The predicted molar refractivity (Wildman–Crippen MR) is 94.0 cm³/mol. The van der Waals surface area contributed by atoms with Gasteiger partial charge < -0.3 is 15.0 Å². The van der Waals surface area contributed by atoms with E-state index in [1.807, 2.05) is 37.3 Å². The van der Waals surface area contributed by atoms with Gasteiger partial charge in [-0.05, 0) is 41.0 Å². The minimum atomic E-state index is -0.179. The molecular weight excluding hydrogens is 320 g/mol. The molecule has 0 radical (unpaired) electrons. The molecule has 0 atom stereocenters. The highest BCUT2D eigenvalue weighted by atomic mass is 16.6. The van der Waals surface area contributed by atoms with Crippen molar-refractivity contribution in [3.8, 4) is 0 Å². The van der Waals surface area contributed by atoms with E-state index in [-0.39, 0.29) is 5.91 Å². The van der Waals surface area contributed by atoms with Crippen LogP contribution in [0.3, 0.4) is 0 Å². The SMILES string of the molecule is Cc1ccccc1C(=O)Nc1ccc(N2CCOCC2)c2nonc12. The first kappa shape index (κ1) is 15.6. The summed E-state index contributed by atoms with van der Waals surface area (Å²) in [6.45, 7) is 4.84. The van der Waals surface area contributed by atoms with Crippen LogP contribution < -0.4 is 10.2 Å². The number of hydrogen-bond donors (Lipinski definition) is 1. The molecule has 128 valence electrons. The first-order valence-corrected chi connectivity index (χ1v) is 8.19. The summed E-state index contributed by atoms with van der Waals surface area (Å²) in [4.78, 5) is 14.8. The molecule has 0 spiro atoms. The Morgan fingerprint density at radius 1 is 1.08 bits per heavy atom. The number of carbonyl (C=O) groups is 1. The molecule has 7 heteroatoms. The van der Waals surface area contributed by atoms with Crippen molar-refractivity contribution in [1.29, 1.82) is 0 Å². The van der Waals surface area contributed by atoms with Gasteiger partial charge >= 0.3 is 0 Å². The van der Waals surface area contributed by atoms with E-state index in [0.717, 1.165) is 24.3 Å². The molecule has 25 heavy (non-hydrogen) atoms. The van der Waals surface area contributed by atoms with E-state index >= 15 is 0 Å². The van der Waals surface area contributed by atoms with Gasteiger partial charge in [-0.1, -0.05) is 18.2 Å². The summed E-state index contributed by atoms with van der Waals surface area (Å²) in [7, 11) is 0. The van der Waals surface area contributed by atoms with Crippen molar-refractivity contribution in [2.75, 3.05) is 36.5 Å². The Labute approximate surface area is 144 Å². The molecule has 1 saturated heterocycles. The normalized spacial score (nSPS) is 14.7. The fourth-order valence-corrected chi connectivity index (χ4v) is 3.03. The number of rotatable bonds is 3. The van der Waals surface area contributed by atoms with Crippen LogP contribution in [0, 0.1) is 6.92 Å². The summed E-state index contributed by atoms with van der Waals surface area (Å²) in [5.41, 5.74) is 4.26. The third-order valence-corrected chi connectivity index (χ3v) is 4.38. The van der Waals surface area contributed by atoms with E-state index in [0.29, 0.717) is 35.5 Å². The van der Waals surface area contributed by atoms with Gasteiger partial charge in [-0.2, -0.15) is 0 Å². The van der Waals surface area contributed by atoms with E-state index in [2.05, 4.69) is 20.5 Å². The number of nitrogens with zero attached hydrogens (tertiary/aromatic N) is 3. The number of anilines is 2. The van der Waals surface area contributed by atoms with E-state index in [1.54, 1.807) is 6.07 Å². The molecule has 1 amide bonds. The highest BCUT2D eigenvalue weighted by Crippen LogP contribution is 2.30. The maximum absolute atomic E-state index is 12.6. The highest BCUT2D eigenvalue weighted by Gasteiger charge is 2.20. The topological polar surface area (TPSA) is 80.5 Å². The standard InChI is InChI=1S/C18H18N4O3/c1-12-4-2-3-5-13(12)18(23)19-14-6-7-15(17-16(14)20-25-21-17)22-8-10-24-11-9-22/h2-7H,8-11H2,1H3,(H,19,23). The largest absolute Gasteiger partial charge is 0.378 e. The predicted octanol–water partition coefficient (Wildman–Crippen LogP) is 2.62. The van der Waals surface area contributed by atoms with Crippen LogP contribution in [0.2, 0.25) is 0 Å². The van der Waals surface area contributed by atoms with E-state index in [9.17, 15) is 4.79 Å². The van der Waals surface area contributed by atoms with Crippen LogP contribution in [0.4, 0.5) is 11.4 Å². The van der Waals surface area contributed by atoms with Gasteiger partial charge in [0.1, 0.15) is 0 Å². The van der Waals surface area contributed by atoms with Gasteiger partial charge in [-0.3, -0.25) is 4.79 Å². The second kappa shape index (κ2) is 6.52. The molecule has 2 heterocycles. The van der Waals surface area contributed by atoms with Crippen LogP contribution in [-0.4, -0.2) is 42.5 Å². The van der Waals surface area contributed by atoms with Gasteiger partial charge in [-0.15, -0.1) is 0 Å². The number of benzene rings is 2. The fraction of sp³-hybridized carbons (Fsp3) is 0.278. The molecule has 3 aromatic rings. The number of carbonyl (C=O) groups excluding carboxylic acids is 1. The van der Waals surface area contributed by atoms with Crippen molar-refractivity contribution in [2.45, 2.75) is 6.92 Å². The van der Waals surface area contributed by atoms with Crippen LogP contribution in [0.25, 0.3) is 11.0 Å². The summed E-state index contributed by atoms with van der Waals surface area (Å²) < 4.78 is 10.3. The van der Waals surface area contributed by atoms with Gasteiger partial charge in [0, 0.05) is 18.7 Å². The average molecular weight is 338 g/mol. The molecule has 1 aliphatic rings. The van der Waals surface area contributed by atoms with Gasteiger partial charge in [0.2, 0.25) is 0 Å². The fourth-order valence-electron chi connectivity index (χ4n) is 3.03. The molecule has 4 rings (SSSR count). The molecule has 1 fully saturated rings. The molecule has 1 aliphatic heterocycles. The number of aromatic nitrogens is 2. The van der Waals surface area contributed by atoms with Gasteiger partial charge in [0.15, 0.2) is 11.0 Å². The Bertz CT molecular complexity index is 916. The quantitative estimate of drug-likeness (QED) is 0.791. The van der Waals surface area contributed by atoms with Crippen molar-refractivity contribution in [3.05, 3.63) is 47.5 Å². The zero-order valence-corrected chi connectivity index (χ0v) is 13.9. The number of ether oxygens (including phenoxy) is 1. The lowest BCUT2D eigenvalue weighted by atomic mass is 10.1. The third kappa shape index (κ3) is 2.94. The minimum absolute atomic E-state index is 0.179. The van der Waals surface area contributed by atoms with Crippen LogP contribution in [0.15, 0.2) is 41.0 Å². The maximum Gasteiger partial charge on any atom is 0.255 e. The Balaban J connectivity index is 1.66. The van der Waals surface area contributed by atoms with E-state index in [4.69, 9.17) is 9.37 Å². The van der Waals surface area contributed by atoms with Gasteiger partial charge in [-0.25, -0.2) is 4.63 Å². The molecule has 0 unspecified atom stereocenters. The summed E-state index contributed by atoms with van der Waals surface area (Å²) in [6, 6.07) is 11.2. The summed E-state index contributed by atoms with van der Waals surface area (Å²) >= 11 is 0. The molecule has 7 nitrogen and oxygen atoms in total. The lowest BCUT2D eigenvalue weighted by Crippen LogP contribution is -2.36.